The summed E-state index contributed by atoms with van der Waals surface area (Å²) >= 11 is 2.60. The molecule has 2 heterocycles. The maximum atomic E-state index is 12.8. The Bertz CT molecular complexity index is 859. The number of thiophene rings is 1. The van der Waals surface area contributed by atoms with Gasteiger partial charge in [-0.3, -0.25) is 19.0 Å². The summed E-state index contributed by atoms with van der Waals surface area (Å²) in [6, 6.07) is 0. The number of nitrogens with zero attached hydrogens (tertiary/aromatic N) is 2. The lowest BCUT2D eigenvalue weighted by Crippen LogP contribution is -2.34. The number of aromatic nitrogens is 2. The number of carbonyl (C=O) groups is 2. The first kappa shape index (κ1) is 19.4. The summed E-state index contributed by atoms with van der Waals surface area (Å²) in [6.45, 7) is 4.34. The fourth-order valence-electron chi connectivity index (χ4n) is 2.17. The Morgan fingerprint density at radius 2 is 2.12 bits per heavy atom. The number of nitrogens with one attached hydrogen (secondary N) is 1. The summed E-state index contributed by atoms with van der Waals surface area (Å²) in [5, 5.41) is 3.47. The van der Waals surface area contributed by atoms with E-state index in [0.29, 0.717) is 28.5 Å². The molecule has 8 nitrogen and oxygen atoms in total. The number of fused-ring (bicyclic) bond motifs is 1. The molecule has 0 spiro atoms. The lowest BCUT2D eigenvalue weighted by Gasteiger charge is -2.11. The van der Waals surface area contributed by atoms with Gasteiger partial charge in [-0.1, -0.05) is 11.8 Å². The average molecular weight is 384 g/mol. The monoisotopic (exact) mass is 384 g/mol. The highest BCUT2D eigenvalue weighted by Crippen LogP contribution is 2.28. The van der Waals surface area contributed by atoms with Gasteiger partial charge in [-0.15, -0.1) is 11.3 Å². The molecule has 0 bridgehead atoms. The molecular formula is C15H20N4O4S2. The highest BCUT2D eigenvalue weighted by Gasteiger charge is 2.17. The summed E-state index contributed by atoms with van der Waals surface area (Å²) in [7, 11) is 1.56. The summed E-state index contributed by atoms with van der Waals surface area (Å²) in [4.78, 5) is 41.6. The van der Waals surface area contributed by atoms with Crippen molar-refractivity contribution in [2.45, 2.75) is 25.5 Å². The van der Waals surface area contributed by atoms with Crippen molar-refractivity contribution in [2.24, 2.45) is 5.73 Å². The van der Waals surface area contributed by atoms with Crippen molar-refractivity contribution in [3.05, 3.63) is 20.8 Å². The van der Waals surface area contributed by atoms with Gasteiger partial charge in [0, 0.05) is 12.0 Å². The molecule has 0 radical (unpaired) electrons. The van der Waals surface area contributed by atoms with Gasteiger partial charge in [0.05, 0.1) is 30.8 Å². The minimum absolute atomic E-state index is 0.0293. The van der Waals surface area contributed by atoms with E-state index in [1.54, 1.807) is 7.11 Å². The van der Waals surface area contributed by atoms with Crippen LogP contribution in [0.1, 0.15) is 10.4 Å². The molecule has 136 valence electrons. The standard InChI is InChI=1S/C15H20N4O4S2/c1-8-9(2)25-13-12(8)14(22)19(4-5-23-3)15(18-13)24-7-11(21)17-6-10(16)20/h4-7H2,1-3H3,(H2,16,20)(H,17,21). The largest absolute Gasteiger partial charge is 0.383 e. The normalized spacial score (nSPS) is 11.0. The highest BCUT2D eigenvalue weighted by atomic mass is 32.2. The van der Waals surface area contributed by atoms with Crippen LogP contribution in [0.4, 0.5) is 0 Å². The number of rotatable bonds is 8. The van der Waals surface area contributed by atoms with Crippen molar-refractivity contribution in [1.29, 1.82) is 0 Å². The lowest BCUT2D eigenvalue weighted by atomic mass is 10.2. The van der Waals surface area contributed by atoms with Crippen LogP contribution in [0.2, 0.25) is 0 Å². The van der Waals surface area contributed by atoms with Crippen LogP contribution in [-0.4, -0.2) is 47.4 Å². The van der Waals surface area contributed by atoms with Gasteiger partial charge in [0.15, 0.2) is 5.16 Å². The van der Waals surface area contributed by atoms with Gasteiger partial charge < -0.3 is 15.8 Å². The van der Waals surface area contributed by atoms with Crippen LogP contribution in [0.25, 0.3) is 10.2 Å². The molecule has 2 amide bonds. The van der Waals surface area contributed by atoms with E-state index in [0.717, 1.165) is 22.2 Å². The van der Waals surface area contributed by atoms with Gasteiger partial charge in [-0.05, 0) is 19.4 Å². The second-order valence-corrected chi connectivity index (χ2v) is 7.48. The molecule has 2 rings (SSSR count). The smallest absolute Gasteiger partial charge is 0.263 e. The average Bonchev–Trinajstić information content (AvgIpc) is 2.84. The van der Waals surface area contributed by atoms with Crippen molar-refractivity contribution in [3.63, 3.8) is 0 Å². The SMILES string of the molecule is COCCn1c(SCC(=O)NCC(N)=O)nc2sc(C)c(C)c2c1=O. The maximum Gasteiger partial charge on any atom is 0.263 e. The molecular weight excluding hydrogens is 364 g/mol. The number of amides is 2. The third-order valence-electron chi connectivity index (χ3n) is 3.57. The number of ether oxygens (including phenoxy) is 1. The Balaban J connectivity index is 2.32. The van der Waals surface area contributed by atoms with E-state index in [4.69, 9.17) is 10.5 Å². The fourth-order valence-corrected chi connectivity index (χ4v) is 4.09. The van der Waals surface area contributed by atoms with Crippen LogP contribution in [0, 0.1) is 13.8 Å². The van der Waals surface area contributed by atoms with Gasteiger partial charge in [0.1, 0.15) is 4.83 Å². The van der Waals surface area contributed by atoms with E-state index in [1.807, 2.05) is 13.8 Å². The minimum Gasteiger partial charge on any atom is -0.383 e. The molecule has 0 atom stereocenters. The predicted molar refractivity (Wildman–Crippen MR) is 98.2 cm³/mol. The molecule has 0 aliphatic carbocycles. The van der Waals surface area contributed by atoms with Crippen molar-refractivity contribution in [2.75, 3.05) is 26.0 Å². The number of aryl methyl sites for hydroxylation is 2. The van der Waals surface area contributed by atoms with Crippen LogP contribution < -0.4 is 16.6 Å². The summed E-state index contributed by atoms with van der Waals surface area (Å²) in [5.41, 5.74) is 5.79. The van der Waals surface area contributed by atoms with E-state index in [2.05, 4.69) is 10.3 Å². The molecule has 10 heteroatoms. The number of methoxy groups -OCH3 is 1. The van der Waals surface area contributed by atoms with Gasteiger partial charge in [-0.2, -0.15) is 0 Å². The Labute approximate surface area is 152 Å². The highest BCUT2D eigenvalue weighted by molar-refractivity contribution is 7.99. The number of thioether (sulfide) groups is 1. The van der Waals surface area contributed by atoms with Gasteiger partial charge in [0.2, 0.25) is 11.8 Å². The number of primary amides is 1. The van der Waals surface area contributed by atoms with E-state index < -0.39 is 5.91 Å². The quantitative estimate of drug-likeness (QED) is 0.503. The second-order valence-electron chi connectivity index (χ2n) is 5.34. The molecule has 0 aromatic carbocycles. The molecule has 0 unspecified atom stereocenters. The van der Waals surface area contributed by atoms with Crippen molar-refractivity contribution in [1.82, 2.24) is 14.9 Å². The minimum atomic E-state index is -0.612. The number of carbonyl (C=O) groups excluding carboxylic acids is 2. The molecule has 0 saturated carbocycles. The first-order valence-electron chi connectivity index (χ1n) is 7.52. The molecule has 2 aromatic rings. The van der Waals surface area contributed by atoms with E-state index in [9.17, 15) is 14.4 Å². The van der Waals surface area contributed by atoms with Gasteiger partial charge in [0.25, 0.3) is 5.56 Å². The maximum absolute atomic E-state index is 12.8. The van der Waals surface area contributed by atoms with Gasteiger partial charge >= 0.3 is 0 Å². The number of hydrogen-bond acceptors (Lipinski definition) is 7. The summed E-state index contributed by atoms with van der Waals surface area (Å²) in [5.74, 6) is -0.934. The van der Waals surface area contributed by atoms with Crippen LogP contribution >= 0.6 is 23.1 Å². The third-order valence-corrected chi connectivity index (χ3v) is 5.64. The van der Waals surface area contributed by atoms with Crippen LogP contribution in [0.15, 0.2) is 9.95 Å². The van der Waals surface area contributed by atoms with Crippen molar-refractivity contribution >= 4 is 45.1 Å². The molecule has 3 N–H and O–H groups in total. The van der Waals surface area contributed by atoms with Crippen molar-refractivity contribution in [3.8, 4) is 0 Å². The zero-order valence-electron chi connectivity index (χ0n) is 14.2. The zero-order chi connectivity index (χ0) is 18.6. The first-order chi connectivity index (χ1) is 11.8. The predicted octanol–water partition coefficient (Wildman–Crippen LogP) is 0.415. The Hall–Kier alpha value is -1.91. The molecule has 25 heavy (non-hydrogen) atoms. The number of nitrogens with two attached hydrogens (primary N) is 1. The molecule has 0 saturated heterocycles. The third kappa shape index (κ3) is 4.59. The molecule has 0 aliphatic heterocycles. The van der Waals surface area contributed by atoms with Gasteiger partial charge in [-0.25, -0.2) is 4.98 Å². The van der Waals surface area contributed by atoms with Crippen LogP contribution in [0.5, 0.6) is 0 Å². The Morgan fingerprint density at radius 1 is 1.40 bits per heavy atom. The van der Waals surface area contributed by atoms with E-state index in [-0.39, 0.29) is 23.8 Å². The Kier molecular flexibility index (Phi) is 6.57. The second kappa shape index (κ2) is 8.45. The van der Waals surface area contributed by atoms with E-state index in [1.165, 1.54) is 15.9 Å². The lowest BCUT2D eigenvalue weighted by molar-refractivity contribution is -0.123. The van der Waals surface area contributed by atoms with E-state index >= 15 is 0 Å². The number of hydrogen-bond donors (Lipinski definition) is 2. The summed E-state index contributed by atoms with van der Waals surface area (Å²) in [6.07, 6.45) is 0. The molecule has 0 aliphatic rings. The summed E-state index contributed by atoms with van der Waals surface area (Å²) < 4.78 is 6.59. The molecule has 0 fully saturated rings. The fraction of sp³-hybridized carbons (Fsp3) is 0.467. The van der Waals surface area contributed by atoms with Crippen LogP contribution in [0.3, 0.4) is 0 Å². The zero-order valence-corrected chi connectivity index (χ0v) is 15.9. The Morgan fingerprint density at radius 3 is 2.76 bits per heavy atom. The topological polar surface area (TPSA) is 116 Å². The first-order valence-corrected chi connectivity index (χ1v) is 9.32. The van der Waals surface area contributed by atoms with Crippen molar-refractivity contribution < 1.29 is 14.3 Å². The van der Waals surface area contributed by atoms with Crippen LogP contribution in [-0.2, 0) is 20.9 Å². The molecule has 2 aromatic heterocycles.